The van der Waals surface area contributed by atoms with Gasteiger partial charge in [0.2, 0.25) is 0 Å². The van der Waals surface area contributed by atoms with Crippen LogP contribution >= 0.6 is 0 Å². The predicted octanol–water partition coefficient (Wildman–Crippen LogP) is 5.44. The average molecular weight is 306 g/mol. The Morgan fingerprint density at radius 2 is 1.54 bits per heavy atom. The molecule has 112 valence electrons. The topological polar surface area (TPSA) is 36.7 Å². The van der Waals surface area contributed by atoms with Crippen molar-refractivity contribution in [3.63, 3.8) is 0 Å². The molecule has 4 aromatic rings. The van der Waals surface area contributed by atoms with Gasteiger partial charge < -0.3 is 0 Å². The van der Waals surface area contributed by atoms with E-state index in [1.807, 2.05) is 60.8 Å². The molecule has 1 heterocycles. The van der Waals surface area contributed by atoms with Gasteiger partial charge >= 0.3 is 0 Å². The number of nitrogens with zero attached hydrogens (tertiary/aromatic N) is 2. The minimum atomic E-state index is 0.681. The van der Waals surface area contributed by atoms with Gasteiger partial charge in [0, 0.05) is 17.1 Å². The summed E-state index contributed by atoms with van der Waals surface area (Å²) in [6.07, 6.45) is 1.84. The molecule has 3 aromatic carbocycles. The number of nitriles is 1. The zero-order chi connectivity index (χ0) is 16.4. The first-order chi connectivity index (χ1) is 11.9. The van der Waals surface area contributed by atoms with Crippen LogP contribution in [0.5, 0.6) is 0 Å². The van der Waals surface area contributed by atoms with Gasteiger partial charge in [-0.2, -0.15) is 5.26 Å². The van der Waals surface area contributed by atoms with E-state index in [4.69, 9.17) is 0 Å². The van der Waals surface area contributed by atoms with Crippen LogP contribution in [0.4, 0.5) is 0 Å². The van der Waals surface area contributed by atoms with E-state index < -0.39 is 0 Å². The molecule has 0 radical (unpaired) electrons. The highest BCUT2D eigenvalue weighted by Crippen LogP contribution is 2.30. The maximum Gasteiger partial charge on any atom is 0.0998 e. The normalized spacial score (nSPS) is 10.5. The summed E-state index contributed by atoms with van der Waals surface area (Å²) in [7, 11) is 0. The van der Waals surface area contributed by atoms with E-state index >= 15 is 0 Å². The van der Waals surface area contributed by atoms with E-state index in [0.29, 0.717) is 5.56 Å². The second-order valence-electron chi connectivity index (χ2n) is 5.62. The fourth-order valence-electron chi connectivity index (χ4n) is 3.02. The van der Waals surface area contributed by atoms with Gasteiger partial charge in [-0.3, -0.25) is 4.98 Å². The lowest BCUT2D eigenvalue weighted by atomic mass is 9.96. The van der Waals surface area contributed by atoms with Gasteiger partial charge in [0.1, 0.15) is 0 Å². The molecule has 0 unspecified atom stereocenters. The molecule has 0 N–H and O–H groups in total. The second kappa shape index (κ2) is 5.98. The molecule has 2 nitrogen and oxygen atoms in total. The van der Waals surface area contributed by atoms with Gasteiger partial charge in [-0.1, -0.05) is 60.7 Å². The molecule has 4 rings (SSSR count). The van der Waals surface area contributed by atoms with Crippen LogP contribution in [0.15, 0.2) is 85.1 Å². The average Bonchev–Trinajstić information content (AvgIpc) is 2.67. The van der Waals surface area contributed by atoms with Gasteiger partial charge in [-0.25, -0.2) is 0 Å². The molecule has 0 saturated heterocycles. The van der Waals surface area contributed by atoms with Gasteiger partial charge in [-0.15, -0.1) is 0 Å². The first kappa shape index (κ1) is 14.2. The molecule has 0 bridgehead atoms. The van der Waals surface area contributed by atoms with Gasteiger partial charge in [0.15, 0.2) is 0 Å². The van der Waals surface area contributed by atoms with E-state index in [9.17, 15) is 5.26 Å². The van der Waals surface area contributed by atoms with Crippen LogP contribution in [-0.4, -0.2) is 4.98 Å². The Kier molecular flexibility index (Phi) is 3.53. The molecule has 24 heavy (non-hydrogen) atoms. The van der Waals surface area contributed by atoms with Crippen molar-refractivity contribution in [1.29, 1.82) is 5.26 Å². The highest BCUT2D eigenvalue weighted by atomic mass is 14.7. The van der Waals surface area contributed by atoms with Crippen molar-refractivity contribution in [2.45, 2.75) is 0 Å². The number of aromatic nitrogens is 1. The fraction of sp³-hybridized carbons (Fsp3) is 0. The molecule has 0 spiro atoms. The summed E-state index contributed by atoms with van der Waals surface area (Å²) in [6, 6.07) is 28.4. The highest BCUT2D eigenvalue weighted by molar-refractivity contribution is 5.95. The van der Waals surface area contributed by atoms with Crippen molar-refractivity contribution < 1.29 is 0 Å². The van der Waals surface area contributed by atoms with Crippen molar-refractivity contribution in [3.8, 4) is 28.5 Å². The van der Waals surface area contributed by atoms with Crippen molar-refractivity contribution in [1.82, 2.24) is 4.98 Å². The predicted molar refractivity (Wildman–Crippen MR) is 97.3 cm³/mol. The zero-order valence-electron chi connectivity index (χ0n) is 13.0. The molecule has 0 aliphatic heterocycles. The Balaban J connectivity index is 1.91. The maximum absolute atomic E-state index is 9.35. The molecule has 0 fully saturated rings. The first-order valence-electron chi connectivity index (χ1n) is 7.80. The number of hydrogen-bond acceptors (Lipinski definition) is 2. The summed E-state index contributed by atoms with van der Waals surface area (Å²) in [5, 5.41) is 11.6. The fourth-order valence-corrected chi connectivity index (χ4v) is 3.02. The van der Waals surface area contributed by atoms with E-state index in [1.54, 1.807) is 0 Å². The van der Waals surface area contributed by atoms with Crippen LogP contribution in [0.25, 0.3) is 33.2 Å². The monoisotopic (exact) mass is 306 g/mol. The lowest BCUT2D eigenvalue weighted by Crippen LogP contribution is -1.88. The molecular weight excluding hydrogens is 292 g/mol. The summed E-state index contributed by atoms with van der Waals surface area (Å²) in [6.45, 7) is 0. The largest absolute Gasteiger partial charge is 0.256 e. The quantitative estimate of drug-likeness (QED) is 0.494. The third kappa shape index (κ3) is 2.43. The third-order valence-electron chi connectivity index (χ3n) is 4.17. The Morgan fingerprint density at radius 3 is 2.46 bits per heavy atom. The second-order valence-corrected chi connectivity index (χ2v) is 5.62. The summed E-state index contributed by atoms with van der Waals surface area (Å²) in [5.41, 5.74) is 4.67. The minimum Gasteiger partial charge on any atom is -0.256 e. The van der Waals surface area contributed by atoms with Crippen LogP contribution in [0.1, 0.15) is 5.56 Å². The Hall–Kier alpha value is -3.44. The molecule has 0 atom stereocenters. The van der Waals surface area contributed by atoms with Crippen LogP contribution in [0, 0.1) is 11.3 Å². The number of rotatable bonds is 2. The van der Waals surface area contributed by atoms with Crippen molar-refractivity contribution in [3.05, 3.63) is 90.6 Å². The highest BCUT2D eigenvalue weighted by Gasteiger charge is 2.08. The summed E-state index contributed by atoms with van der Waals surface area (Å²) < 4.78 is 0. The summed E-state index contributed by atoms with van der Waals surface area (Å²) in [4.78, 5) is 4.59. The summed E-state index contributed by atoms with van der Waals surface area (Å²) >= 11 is 0. The first-order valence-corrected chi connectivity index (χ1v) is 7.80. The van der Waals surface area contributed by atoms with E-state index in [2.05, 4.69) is 35.3 Å². The van der Waals surface area contributed by atoms with Crippen LogP contribution in [-0.2, 0) is 0 Å². The van der Waals surface area contributed by atoms with E-state index in [1.165, 1.54) is 5.39 Å². The third-order valence-corrected chi connectivity index (χ3v) is 4.17. The van der Waals surface area contributed by atoms with E-state index in [0.717, 1.165) is 27.8 Å². The minimum absolute atomic E-state index is 0.681. The van der Waals surface area contributed by atoms with Crippen molar-refractivity contribution >= 4 is 10.8 Å². The maximum atomic E-state index is 9.35. The number of pyridine rings is 1. The van der Waals surface area contributed by atoms with Crippen LogP contribution in [0.2, 0.25) is 0 Å². The number of fused-ring (bicyclic) bond motifs is 1. The summed E-state index contributed by atoms with van der Waals surface area (Å²) in [5.74, 6) is 0. The van der Waals surface area contributed by atoms with Crippen LogP contribution < -0.4 is 0 Å². The zero-order valence-corrected chi connectivity index (χ0v) is 13.0. The van der Waals surface area contributed by atoms with Crippen LogP contribution in [0.3, 0.4) is 0 Å². The number of hydrogen-bond donors (Lipinski definition) is 0. The standard InChI is InChI=1S/C22H14N2/c23-15-19-7-2-3-10-20(19)17-8-5-9-18(14-17)22-21-11-4-1-6-16(21)12-13-24-22/h1-14H. The van der Waals surface area contributed by atoms with Gasteiger partial charge in [0.25, 0.3) is 0 Å². The molecule has 2 heteroatoms. The van der Waals surface area contributed by atoms with E-state index in [-0.39, 0.29) is 0 Å². The van der Waals surface area contributed by atoms with Gasteiger partial charge in [-0.05, 0) is 34.7 Å². The Morgan fingerprint density at radius 1 is 0.750 bits per heavy atom. The van der Waals surface area contributed by atoms with Crippen molar-refractivity contribution in [2.24, 2.45) is 0 Å². The smallest absolute Gasteiger partial charge is 0.0998 e. The number of benzene rings is 3. The van der Waals surface area contributed by atoms with Crippen molar-refractivity contribution in [2.75, 3.05) is 0 Å². The SMILES string of the molecule is N#Cc1ccccc1-c1cccc(-c2nccc3ccccc23)c1. The Bertz CT molecular complexity index is 1070. The molecule has 0 aliphatic carbocycles. The Labute approximate surface area is 140 Å². The molecule has 0 amide bonds. The molecule has 1 aromatic heterocycles. The molecule has 0 saturated carbocycles. The lowest BCUT2D eigenvalue weighted by molar-refractivity contribution is 1.36. The van der Waals surface area contributed by atoms with Gasteiger partial charge in [0.05, 0.1) is 17.3 Å². The molecule has 0 aliphatic rings. The molecular formula is C22H14N2. The lowest BCUT2D eigenvalue weighted by Gasteiger charge is -2.09.